The van der Waals surface area contributed by atoms with Crippen LogP contribution in [-0.4, -0.2) is 21.7 Å². The van der Waals surface area contributed by atoms with Crippen LogP contribution in [0.3, 0.4) is 0 Å². The Morgan fingerprint density at radius 1 is 1.30 bits per heavy atom. The third-order valence-corrected chi connectivity index (χ3v) is 4.37. The van der Waals surface area contributed by atoms with Crippen LogP contribution in [0.5, 0.6) is 0 Å². The summed E-state index contributed by atoms with van der Waals surface area (Å²) in [6, 6.07) is 8.67. The number of halogens is 1. The van der Waals surface area contributed by atoms with Crippen molar-refractivity contribution in [2.45, 2.75) is 33.4 Å². The molecule has 0 atom stereocenters. The lowest BCUT2D eigenvalue weighted by atomic mass is 10.1. The van der Waals surface area contributed by atoms with Gasteiger partial charge in [-0.1, -0.05) is 36.8 Å². The minimum Gasteiger partial charge on any atom is -0.296 e. The van der Waals surface area contributed by atoms with E-state index in [0.29, 0.717) is 0 Å². The average Bonchev–Trinajstić information content (AvgIpc) is 2.66. The van der Waals surface area contributed by atoms with Crippen LogP contribution in [-0.2, 0) is 26.6 Å². The summed E-state index contributed by atoms with van der Waals surface area (Å²) >= 11 is 3.68. The van der Waals surface area contributed by atoms with Gasteiger partial charge < -0.3 is 0 Å². The molecule has 0 aliphatic rings. The minimum absolute atomic E-state index is 0.887. The topological polar surface area (TPSA) is 21.1 Å². The van der Waals surface area contributed by atoms with Crippen LogP contribution >= 0.6 is 15.9 Å². The fraction of sp³-hybridized carbons (Fsp3) is 0.438. The highest BCUT2D eigenvalue weighted by atomic mass is 79.9. The number of aromatic nitrogens is 2. The first-order valence-corrected chi connectivity index (χ1v) is 7.75. The summed E-state index contributed by atoms with van der Waals surface area (Å²) < 4.78 is 3.13. The zero-order valence-corrected chi connectivity index (χ0v) is 14.2. The molecule has 0 aliphatic heterocycles. The summed E-state index contributed by atoms with van der Waals surface area (Å²) in [7, 11) is 4.16. The van der Waals surface area contributed by atoms with Crippen molar-refractivity contribution in [3.8, 4) is 0 Å². The van der Waals surface area contributed by atoms with Gasteiger partial charge in [0.2, 0.25) is 0 Å². The number of rotatable bonds is 5. The molecule has 0 fully saturated rings. The predicted octanol–water partition coefficient (Wildman–Crippen LogP) is 3.69. The Hall–Kier alpha value is -1.13. The molecule has 0 unspecified atom stereocenters. The Bertz CT molecular complexity index is 589. The number of benzene rings is 1. The molecule has 2 aromatic rings. The Morgan fingerprint density at radius 3 is 2.65 bits per heavy atom. The van der Waals surface area contributed by atoms with E-state index in [1.807, 2.05) is 11.7 Å². The largest absolute Gasteiger partial charge is 0.296 e. The molecule has 0 aliphatic carbocycles. The maximum Gasteiger partial charge on any atom is 0.0767 e. The van der Waals surface area contributed by atoms with Gasteiger partial charge in [-0.15, -0.1) is 0 Å². The highest BCUT2D eigenvalue weighted by molar-refractivity contribution is 9.10. The van der Waals surface area contributed by atoms with E-state index in [9.17, 15) is 0 Å². The third kappa shape index (κ3) is 3.49. The van der Waals surface area contributed by atoms with E-state index in [1.165, 1.54) is 16.8 Å². The smallest absolute Gasteiger partial charge is 0.0767 e. The maximum atomic E-state index is 4.55. The summed E-state index contributed by atoms with van der Waals surface area (Å²) in [6.45, 7) is 6.10. The molecule has 108 valence electrons. The van der Waals surface area contributed by atoms with Crippen molar-refractivity contribution in [1.29, 1.82) is 0 Å². The van der Waals surface area contributed by atoms with Crippen LogP contribution in [0.15, 0.2) is 28.7 Å². The molecule has 1 aromatic heterocycles. The second-order valence-electron chi connectivity index (χ2n) is 5.35. The zero-order chi connectivity index (χ0) is 14.7. The van der Waals surface area contributed by atoms with Crippen LogP contribution < -0.4 is 0 Å². The molecule has 0 saturated heterocycles. The minimum atomic E-state index is 0.887. The molecule has 20 heavy (non-hydrogen) atoms. The van der Waals surface area contributed by atoms with Crippen molar-refractivity contribution in [2.24, 2.45) is 7.05 Å². The van der Waals surface area contributed by atoms with Crippen LogP contribution in [0.2, 0.25) is 0 Å². The lowest BCUT2D eigenvalue weighted by molar-refractivity contribution is 0.309. The van der Waals surface area contributed by atoms with Gasteiger partial charge in [0, 0.05) is 20.1 Å². The van der Waals surface area contributed by atoms with Crippen molar-refractivity contribution < 1.29 is 0 Å². The van der Waals surface area contributed by atoms with Gasteiger partial charge in [-0.05, 0) is 41.9 Å². The second kappa shape index (κ2) is 6.55. The normalized spacial score (nSPS) is 11.3. The Labute approximate surface area is 129 Å². The first kappa shape index (κ1) is 15.3. The summed E-state index contributed by atoms with van der Waals surface area (Å²) in [5.74, 6) is 0. The van der Waals surface area contributed by atoms with Gasteiger partial charge in [-0.3, -0.25) is 9.58 Å². The molecule has 0 spiro atoms. The number of aryl methyl sites for hydroxylation is 3. The first-order valence-electron chi connectivity index (χ1n) is 6.95. The first-order chi connectivity index (χ1) is 9.51. The molecular weight excluding hydrogens is 314 g/mol. The average molecular weight is 336 g/mol. The van der Waals surface area contributed by atoms with Gasteiger partial charge in [0.25, 0.3) is 0 Å². The summed E-state index contributed by atoms with van der Waals surface area (Å²) in [4.78, 5) is 2.32. The van der Waals surface area contributed by atoms with Gasteiger partial charge >= 0.3 is 0 Å². The lowest BCUT2D eigenvalue weighted by Crippen LogP contribution is -2.19. The quantitative estimate of drug-likeness (QED) is 0.830. The second-order valence-corrected chi connectivity index (χ2v) is 6.14. The van der Waals surface area contributed by atoms with Crippen LogP contribution in [0.1, 0.15) is 29.4 Å². The van der Waals surface area contributed by atoms with E-state index in [-0.39, 0.29) is 0 Å². The van der Waals surface area contributed by atoms with E-state index in [4.69, 9.17) is 0 Å². The summed E-state index contributed by atoms with van der Waals surface area (Å²) in [5.41, 5.74) is 5.02. The monoisotopic (exact) mass is 335 g/mol. The van der Waals surface area contributed by atoms with Gasteiger partial charge in [-0.25, -0.2) is 0 Å². The van der Waals surface area contributed by atoms with Gasteiger partial charge in [0.15, 0.2) is 0 Å². The van der Waals surface area contributed by atoms with Gasteiger partial charge in [0.1, 0.15) is 0 Å². The maximum absolute atomic E-state index is 4.55. The molecule has 0 amide bonds. The van der Waals surface area contributed by atoms with E-state index >= 15 is 0 Å². The van der Waals surface area contributed by atoms with E-state index < -0.39 is 0 Å². The summed E-state index contributed by atoms with van der Waals surface area (Å²) in [5, 5.41) is 4.55. The van der Waals surface area contributed by atoms with E-state index in [0.717, 1.165) is 29.7 Å². The molecule has 3 nitrogen and oxygen atoms in total. The summed E-state index contributed by atoms with van der Waals surface area (Å²) in [6.07, 6.45) is 0.954. The van der Waals surface area contributed by atoms with Crippen molar-refractivity contribution in [3.63, 3.8) is 0 Å². The van der Waals surface area contributed by atoms with E-state index in [1.54, 1.807) is 0 Å². The Morgan fingerprint density at radius 2 is 2.05 bits per heavy atom. The molecular formula is C16H22BrN3. The van der Waals surface area contributed by atoms with Gasteiger partial charge in [0.05, 0.1) is 15.9 Å². The molecule has 0 N–H and O–H groups in total. The van der Waals surface area contributed by atoms with Gasteiger partial charge in [-0.2, -0.15) is 5.10 Å². The molecule has 2 rings (SSSR count). The Balaban J connectivity index is 2.08. The molecule has 1 heterocycles. The fourth-order valence-corrected chi connectivity index (χ4v) is 3.17. The predicted molar refractivity (Wildman–Crippen MR) is 86.6 cm³/mol. The highest BCUT2D eigenvalue weighted by Crippen LogP contribution is 2.23. The van der Waals surface area contributed by atoms with Crippen molar-refractivity contribution in [3.05, 3.63) is 51.3 Å². The van der Waals surface area contributed by atoms with Crippen molar-refractivity contribution >= 4 is 15.9 Å². The fourth-order valence-electron chi connectivity index (χ4n) is 2.43. The molecule has 0 saturated carbocycles. The zero-order valence-electron chi connectivity index (χ0n) is 12.7. The Kier molecular flexibility index (Phi) is 5.00. The molecule has 1 aromatic carbocycles. The SMILES string of the molecule is CCc1nn(C)c(CN(C)Cc2cccc(C)c2)c1Br. The molecule has 0 bridgehead atoms. The lowest BCUT2D eigenvalue weighted by Gasteiger charge is -2.17. The number of nitrogens with zero attached hydrogens (tertiary/aromatic N) is 3. The molecule has 0 radical (unpaired) electrons. The van der Waals surface area contributed by atoms with Crippen LogP contribution in [0.25, 0.3) is 0 Å². The number of hydrogen-bond donors (Lipinski definition) is 0. The number of hydrogen-bond acceptors (Lipinski definition) is 2. The van der Waals surface area contributed by atoms with E-state index in [2.05, 4.69) is 71.1 Å². The third-order valence-electron chi connectivity index (χ3n) is 3.46. The van der Waals surface area contributed by atoms with Crippen molar-refractivity contribution in [2.75, 3.05) is 7.05 Å². The highest BCUT2D eigenvalue weighted by Gasteiger charge is 2.14. The standard InChI is InChI=1S/C16H22BrN3/c1-5-14-16(17)15(20(4)18-14)11-19(3)10-13-8-6-7-12(2)9-13/h6-9H,5,10-11H2,1-4H3. The van der Waals surface area contributed by atoms with Crippen LogP contribution in [0.4, 0.5) is 0 Å². The van der Waals surface area contributed by atoms with Crippen molar-refractivity contribution in [1.82, 2.24) is 14.7 Å². The van der Waals surface area contributed by atoms with Crippen LogP contribution in [0, 0.1) is 6.92 Å². The molecule has 4 heteroatoms.